The highest BCUT2D eigenvalue weighted by Gasteiger charge is 2.33. The van der Waals surface area contributed by atoms with Crippen molar-refractivity contribution in [1.82, 2.24) is 10.2 Å². The molecule has 138 valence electrons. The molecule has 1 aromatic carbocycles. The number of nitrogens with zero attached hydrogens (tertiary/aromatic N) is 1. The molecular formula is C21H32N2O2. The summed E-state index contributed by atoms with van der Waals surface area (Å²) in [6.45, 7) is 2.71. The van der Waals surface area contributed by atoms with Crippen LogP contribution in [0, 0.1) is 11.8 Å². The van der Waals surface area contributed by atoms with Gasteiger partial charge in [0.2, 0.25) is 5.91 Å². The SMILES string of the molecule is COc1ccc(C(NCC(=O)N(C)C2CCCCC2C)C2CC2)cc1. The number of carbonyl (C=O) groups excluding carboxylic acids is 1. The first-order valence-electron chi connectivity index (χ1n) is 9.73. The van der Waals surface area contributed by atoms with Gasteiger partial charge in [0.15, 0.2) is 0 Å². The molecule has 0 radical (unpaired) electrons. The molecule has 0 saturated heterocycles. The van der Waals surface area contributed by atoms with E-state index in [2.05, 4.69) is 24.4 Å². The summed E-state index contributed by atoms with van der Waals surface area (Å²) in [6.07, 6.45) is 7.43. The molecule has 2 aliphatic rings. The minimum absolute atomic E-state index is 0.220. The number of hydrogen-bond donors (Lipinski definition) is 1. The van der Waals surface area contributed by atoms with Crippen LogP contribution in [0.4, 0.5) is 0 Å². The largest absolute Gasteiger partial charge is 0.497 e. The van der Waals surface area contributed by atoms with Crippen LogP contribution in [-0.4, -0.2) is 37.6 Å². The molecule has 2 saturated carbocycles. The van der Waals surface area contributed by atoms with E-state index in [0.29, 0.717) is 24.4 Å². The minimum Gasteiger partial charge on any atom is -0.497 e. The van der Waals surface area contributed by atoms with Gasteiger partial charge in [0.25, 0.3) is 0 Å². The highest BCUT2D eigenvalue weighted by molar-refractivity contribution is 5.78. The Hall–Kier alpha value is -1.55. The number of hydrogen-bond acceptors (Lipinski definition) is 3. The summed E-state index contributed by atoms with van der Waals surface area (Å²) in [5, 5.41) is 3.54. The molecule has 3 unspecified atom stereocenters. The van der Waals surface area contributed by atoms with Crippen molar-refractivity contribution in [3.05, 3.63) is 29.8 Å². The maximum Gasteiger partial charge on any atom is 0.236 e. The fourth-order valence-corrected chi connectivity index (χ4v) is 4.18. The van der Waals surface area contributed by atoms with Crippen molar-refractivity contribution in [3.8, 4) is 5.75 Å². The van der Waals surface area contributed by atoms with E-state index in [9.17, 15) is 4.79 Å². The van der Waals surface area contributed by atoms with Crippen molar-refractivity contribution >= 4 is 5.91 Å². The molecule has 25 heavy (non-hydrogen) atoms. The molecule has 1 aromatic rings. The Morgan fingerprint density at radius 1 is 1.20 bits per heavy atom. The lowest BCUT2D eigenvalue weighted by molar-refractivity contribution is -0.132. The lowest BCUT2D eigenvalue weighted by atomic mass is 9.85. The van der Waals surface area contributed by atoms with Crippen LogP contribution in [-0.2, 0) is 4.79 Å². The van der Waals surface area contributed by atoms with Crippen LogP contribution in [0.2, 0.25) is 0 Å². The Balaban J connectivity index is 1.58. The fraction of sp³-hybridized carbons (Fsp3) is 0.667. The highest BCUT2D eigenvalue weighted by Crippen LogP contribution is 2.41. The number of nitrogens with one attached hydrogen (secondary N) is 1. The van der Waals surface area contributed by atoms with Gasteiger partial charge in [-0.15, -0.1) is 0 Å². The van der Waals surface area contributed by atoms with Gasteiger partial charge in [-0.2, -0.15) is 0 Å². The Bertz CT molecular complexity index is 568. The molecule has 2 fully saturated rings. The summed E-state index contributed by atoms with van der Waals surface area (Å²) >= 11 is 0. The van der Waals surface area contributed by atoms with E-state index in [1.807, 2.05) is 24.1 Å². The average Bonchev–Trinajstić information content (AvgIpc) is 3.47. The van der Waals surface area contributed by atoms with E-state index in [1.54, 1.807) is 7.11 Å². The second-order valence-corrected chi connectivity index (χ2v) is 7.80. The van der Waals surface area contributed by atoms with E-state index in [1.165, 1.54) is 37.7 Å². The van der Waals surface area contributed by atoms with Gasteiger partial charge < -0.3 is 15.0 Å². The van der Waals surface area contributed by atoms with Crippen LogP contribution in [0.1, 0.15) is 57.1 Å². The molecule has 0 aromatic heterocycles. The molecule has 3 atom stereocenters. The first kappa shape index (κ1) is 18.2. The Kier molecular flexibility index (Phi) is 6.00. The van der Waals surface area contributed by atoms with Crippen LogP contribution in [0.25, 0.3) is 0 Å². The van der Waals surface area contributed by atoms with Crippen LogP contribution in [0.15, 0.2) is 24.3 Å². The van der Waals surface area contributed by atoms with Crippen molar-refractivity contribution in [1.29, 1.82) is 0 Å². The number of carbonyl (C=O) groups is 1. The van der Waals surface area contributed by atoms with Gasteiger partial charge in [-0.05, 0) is 55.2 Å². The molecule has 4 nitrogen and oxygen atoms in total. The smallest absolute Gasteiger partial charge is 0.236 e. The van der Waals surface area contributed by atoms with Gasteiger partial charge in [-0.3, -0.25) is 4.79 Å². The van der Waals surface area contributed by atoms with Crippen LogP contribution >= 0.6 is 0 Å². The number of rotatable bonds is 7. The van der Waals surface area contributed by atoms with Crippen molar-refractivity contribution in [2.45, 2.75) is 57.5 Å². The van der Waals surface area contributed by atoms with Crippen molar-refractivity contribution in [3.63, 3.8) is 0 Å². The second-order valence-electron chi connectivity index (χ2n) is 7.80. The van der Waals surface area contributed by atoms with Crippen molar-refractivity contribution in [2.75, 3.05) is 20.7 Å². The van der Waals surface area contributed by atoms with E-state index >= 15 is 0 Å². The first-order chi connectivity index (χ1) is 12.1. The summed E-state index contributed by atoms with van der Waals surface area (Å²) in [6, 6.07) is 8.92. The number of benzene rings is 1. The van der Waals surface area contributed by atoms with Gasteiger partial charge >= 0.3 is 0 Å². The molecular weight excluding hydrogens is 312 g/mol. The summed E-state index contributed by atoms with van der Waals surface area (Å²) in [5.74, 6) is 2.36. The maximum absolute atomic E-state index is 12.7. The number of likely N-dealkylation sites (N-methyl/N-ethyl adjacent to an activating group) is 1. The first-order valence-corrected chi connectivity index (χ1v) is 9.73. The van der Waals surface area contributed by atoms with Gasteiger partial charge in [-0.25, -0.2) is 0 Å². The summed E-state index contributed by atoms with van der Waals surface area (Å²) in [7, 11) is 3.67. The topological polar surface area (TPSA) is 41.6 Å². The number of amides is 1. The monoisotopic (exact) mass is 344 g/mol. The van der Waals surface area contributed by atoms with Crippen LogP contribution in [0.3, 0.4) is 0 Å². The molecule has 1 amide bonds. The van der Waals surface area contributed by atoms with Crippen molar-refractivity contribution < 1.29 is 9.53 Å². The normalized spacial score (nSPS) is 24.6. The Morgan fingerprint density at radius 3 is 2.48 bits per heavy atom. The Morgan fingerprint density at radius 2 is 1.88 bits per heavy atom. The molecule has 1 N–H and O–H groups in total. The predicted octanol–water partition coefficient (Wildman–Crippen LogP) is 3.77. The van der Waals surface area contributed by atoms with Gasteiger partial charge in [0.05, 0.1) is 13.7 Å². The zero-order valence-corrected chi connectivity index (χ0v) is 15.8. The molecule has 4 heteroatoms. The summed E-state index contributed by atoms with van der Waals surface area (Å²) < 4.78 is 5.25. The highest BCUT2D eigenvalue weighted by atomic mass is 16.5. The molecule has 3 rings (SSSR count). The number of ether oxygens (including phenoxy) is 1. The third-order valence-corrected chi connectivity index (χ3v) is 6.00. The summed E-state index contributed by atoms with van der Waals surface area (Å²) in [4.78, 5) is 14.7. The van der Waals surface area contributed by atoms with Crippen LogP contribution in [0.5, 0.6) is 5.75 Å². The zero-order chi connectivity index (χ0) is 17.8. The quantitative estimate of drug-likeness (QED) is 0.818. The molecule has 0 heterocycles. The third-order valence-electron chi connectivity index (χ3n) is 6.00. The van der Waals surface area contributed by atoms with E-state index in [4.69, 9.17) is 4.74 Å². The van der Waals surface area contributed by atoms with Gasteiger partial charge in [0.1, 0.15) is 5.75 Å². The maximum atomic E-state index is 12.7. The Labute approximate surface area is 151 Å². The predicted molar refractivity (Wildman–Crippen MR) is 101 cm³/mol. The summed E-state index contributed by atoms with van der Waals surface area (Å²) in [5.41, 5.74) is 1.25. The van der Waals surface area contributed by atoms with E-state index < -0.39 is 0 Å². The third kappa shape index (κ3) is 4.55. The van der Waals surface area contributed by atoms with Gasteiger partial charge in [-0.1, -0.05) is 31.9 Å². The lowest BCUT2D eigenvalue weighted by Crippen LogP contribution is -2.46. The van der Waals surface area contributed by atoms with E-state index in [0.717, 1.165) is 12.2 Å². The molecule has 2 aliphatic carbocycles. The zero-order valence-electron chi connectivity index (χ0n) is 15.8. The molecule has 0 bridgehead atoms. The molecule has 0 aliphatic heterocycles. The minimum atomic E-state index is 0.220. The second kappa shape index (κ2) is 8.22. The van der Waals surface area contributed by atoms with Crippen LogP contribution < -0.4 is 10.1 Å². The average molecular weight is 344 g/mol. The number of methoxy groups -OCH3 is 1. The van der Waals surface area contributed by atoms with Gasteiger partial charge in [0, 0.05) is 19.1 Å². The van der Waals surface area contributed by atoms with Crippen molar-refractivity contribution in [2.24, 2.45) is 11.8 Å². The fourth-order valence-electron chi connectivity index (χ4n) is 4.18. The molecule has 0 spiro atoms. The lowest BCUT2D eigenvalue weighted by Gasteiger charge is -2.36. The van der Waals surface area contributed by atoms with E-state index in [-0.39, 0.29) is 11.9 Å². The standard InChI is InChI=1S/C21H32N2O2/c1-15-6-4-5-7-19(15)23(2)20(24)14-22-21(16-8-9-16)17-10-12-18(25-3)13-11-17/h10-13,15-16,19,21-22H,4-9,14H2,1-3H3.